The highest BCUT2D eigenvalue weighted by Crippen LogP contribution is 2.16. The van der Waals surface area contributed by atoms with Crippen LogP contribution < -0.4 is 5.73 Å². The first-order chi connectivity index (χ1) is 7.38. The van der Waals surface area contributed by atoms with Gasteiger partial charge in [0, 0.05) is 6.20 Å². The molecule has 1 aromatic rings. The third kappa shape index (κ3) is 2.36. The first-order valence-electron chi connectivity index (χ1n) is 4.35. The van der Waals surface area contributed by atoms with Crippen molar-refractivity contribution < 1.29 is 18.3 Å². The highest BCUT2D eigenvalue weighted by Gasteiger charge is 2.40. The van der Waals surface area contributed by atoms with Crippen LogP contribution in [0.1, 0.15) is 6.92 Å². The summed E-state index contributed by atoms with van der Waals surface area (Å²) in [6, 6.07) is -1.52. The van der Waals surface area contributed by atoms with Crippen molar-refractivity contribution in [3.63, 3.8) is 0 Å². The van der Waals surface area contributed by atoms with Crippen LogP contribution in [0.4, 0.5) is 0 Å². The lowest BCUT2D eigenvalue weighted by atomic mass is 10.0. The molecule has 1 rings (SSSR count). The van der Waals surface area contributed by atoms with Gasteiger partial charge in [-0.15, -0.1) is 5.10 Å². The lowest BCUT2D eigenvalue weighted by Gasteiger charge is -2.26. The van der Waals surface area contributed by atoms with Gasteiger partial charge in [-0.3, -0.25) is 9.48 Å². The van der Waals surface area contributed by atoms with Gasteiger partial charge in [-0.2, -0.15) is 0 Å². The second-order valence-corrected chi connectivity index (χ2v) is 5.07. The Bertz CT molecular complexity index is 435. The number of rotatable bonds is 5. The second-order valence-electron chi connectivity index (χ2n) is 3.53. The van der Waals surface area contributed by atoms with Gasteiger partial charge >= 0.3 is 5.97 Å². The number of hydrogen-bond acceptors (Lipinski definition) is 6. The SMILES string of the molecule is CC(Cn1ccnn1)(C(N)C(=O)O)[SH](=O)=O. The van der Waals surface area contributed by atoms with Crippen molar-refractivity contribution in [2.45, 2.75) is 24.3 Å². The minimum Gasteiger partial charge on any atom is -0.480 e. The van der Waals surface area contributed by atoms with Crippen molar-refractivity contribution >= 4 is 16.7 Å². The molecule has 0 amide bonds. The first kappa shape index (κ1) is 12.6. The van der Waals surface area contributed by atoms with Crippen molar-refractivity contribution in [1.82, 2.24) is 15.0 Å². The zero-order chi connectivity index (χ0) is 12.3. The van der Waals surface area contributed by atoms with Gasteiger partial charge in [0.25, 0.3) is 0 Å². The molecule has 1 heterocycles. The smallest absolute Gasteiger partial charge is 0.322 e. The maximum Gasteiger partial charge on any atom is 0.322 e. The molecule has 0 aliphatic heterocycles. The Hall–Kier alpha value is -1.48. The number of aromatic nitrogens is 3. The van der Waals surface area contributed by atoms with E-state index in [2.05, 4.69) is 10.3 Å². The van der Waals surface area contributed by atoms with Crippen molar-refractivity contribution in [2.24, 2.45) is 5.73 Å². The molecule has 3 N–H and O–H groups in total. The quantitative estimate of drug-likeness (QED) is 0.517. The number of hydrogen-bond donors (Lipinski definition) is 3. The van der Waals surface area contributed by atoms with Gasteiger partial charge in [0.1, 0.15) is 21.5 Å². The molecule has 2 unspecified atom stereocenters. The van der Waals surface area contributed by atoms with E-state index in [0.717, 1.165) is 0 Å². The summed E-state index contributed by atoms with van der Waals surface area (Å²) in [5, 5.41) is 15.8. The van der Waals surface area contributed by atoms with Gasteiger partial charge in [-0.05, 0) is 6.92 Å². The summed E-state index contributed by atoms with van der Waals surface area (Å²) < 4.78 is 21.9. The van der Waals surface area contributed by atoms with Crippen LogP contribution in [0.2, 0.25) is 0 Å². The average molecular weight is 248 g/mol. The van der Waals surface area contributed by atoms with Crippen LogP contribution in [0.3, 0.4) is 0 Å². The van der Waals surface area contributed by atoms with E-state index in [-0.39, 0.29) is 6.54 Å². The van der Waals surface area contributed by atoms with E-state index >= 15 is 0 Å². The molecule has 0 aromatic carbocycles. The Kier molecular flexibility index (Phi) is 3.60. The summed E-state index contributed by atoms with van der Waals surface area (Å²) in [5.41, 5.74) is 5.37. The third-order valence-electron chi connectivity index (χ3n) is 2.31. The highest BCUT2D eigenvalue weighted by atomic mass is 32.2. The predicted molar refractivity (Wildman–Crippen MR) is 54.4 cm³/mol. The van der Waals surface area contributed by atoms with E-state index < -0.39 is 27.5 Å². The maximum atomic E-state index is 11.1. The van der Waals surface area contributed by atoms with E-state index in [1.165, 1.54) is 24.0 Å². The fraction of sp³-hybridized carbons (Fsp3) is 0.571. The summed E-state index contributed by atoms with van der Waals surface area (Å²) in [4.78, 5) is 10.7. The molecule has 8 nitrogen and oxygen atoms in total. The Morgan fingerprint density at radius 1 is 1.69 bits per heavy atom. The molecular formula is C7H12N4O4S. The molecule has 90 valence electrons. The fourth-order valence-corrected chi connectivity index (χ4v) is 1.78. The molecule has 0 aliphatic carbocycles. The van der Waals surface area contributed by atoms with Gasteiger partial charge in [-0.25, -0.2) is 8.42 Å². The van der Waals surface area contributed by atoms with Crippen molar-refractivity contribution in [3.05, 3.63) is 12.4 Å². The van der Waals surface area contributed by atoms with Crippen LogP contribution in [0, 0.1) is 0 Å². The monoisotopic (exact) mass is 248 g/mol. The minimum absolute atomic E-state index is 0.154. The van der Waals surface area contributed by atoms with Gasteiger partial charge in [0.2, 0.25) is 0 Å². The lowest BCUT2D eigenvalue weighted by Crippen LogP contribution is -2.54. The normalized spacial score (nSPS) is 16.9. The number of carboxylic acids is 1. The van der Waals surface area contributed by atoms with E-state index in [1.54, 1.807) is 0 Å². The molecule has 16 heavy (non-hydrogen) atoms. The Morgan fingerprint density at radius 2 is 2.31 bits per heavy atom. The molecule has 0 saturated heterocycles. The average Bonchev–Trinajstić information content (AvgIpc) is 2.68. The van der Waals surface area contributed by atoms with Crippen LogP contribution in [0.25, 0.3) is 0 Å². The van der Waals surface area contributed by atoms with Gasteiger partial charge in [-0.1, -0.05) is 5.21 Å². The lowest BCUT2D eigenvalue weighted by molar-refractivity contribution is -0.139. The fourth-order valence-electron chi connectivity index (χ4n) is 1.18. The van der Waals surface area contributed by atoms with E-state index in [4.69, 9.17) is 10.8 Å². The number of carbonyl (C=O) groups is 1. The van der Waals surface area contributed by atoms with Crippen LogP contribution in [0.15, 0.2) is 12.4 Å². The number of thiol groups is 1. The second kappa shape index (κ2) is 4.58. The number of aliphatic carboxylic acids is 1. The van der Waals surface area contributed by atoms with Gasteiger partial charge in [0.15, 0.2) is 0 Å². The molecule has 0 fully saturated rings. The number of nitrogens with two attached hydrogens (primary N) is 1. The van der Waals surface area contributed by atoms with E-state index in [0.29, 0.717) is 0 Å². The van der Waals surface area contributed by atoms with Crippen molar-refractivity contribution in [1.29, 1.82) is 0 Å². The largest absolute Gasteiger partial charge is 0.480 e. The van der Waals surface area contributed by atoms with Gasteiger partial charge in [0.05, 0.1) is 12.7 Å². The summed E-state index contributed by atoms with van der Waals surface area (Å²) in [6.45, 7) is 1.11. The van der Waals surface area contributed by atoms with Gasteiger partial charge < -0.3 is 10.8 Å². The van der Waals surface area contributed by atoms with Crippen LogP contribution in [-0.4, -0.2) is 45.3 Å². The van der Waals surface area contributed by atoms with E-state index in [9.17, 15) is 13.2 Å². The Labute approximate surface area is 93.0 Å². The Balaban J connectivity index is 3.02. The standard InChI is InChI=1S/C7H12N4O4S/c1-7(16(14)15,5(8)6(12)13)4-11-3-2-9-10-11/h2-3,5,16H,4,8H2,1H3,(H,12,13). The third-order valence-corrected chi connectivity index (χ3v) is 3.56. The summed E-state index contributed by atoms with van der Waals surface area (Å²) in [5.74, 6) is -1.37. The summed E-state index contributed by atoms with van der Waals surface area (Å²) >= 11 is 0. The van der Waals surface area contributed by atoms with Crippen molar-refractivity contribution in [2.75, 3.05) is 0 Å². The molecule has 9 heteroatoms. The molecule has 0 bridgehead atoms. The van der Waals surface area contributed by atoms with Crippen LogP contribution >= 0.6 is 0 Å². The maximum absolute atomic E-state index is 11.1. The molecular weight excluding hydrogens is 236 g/mol. The van der Waals surface area contributed by atoms with E-state index in [1.807, 2.05) is 0 Å². The topological polar surface area (TPSA) is 128 Å². The predicted octanol–water partition coefficient (Wildman–Crippen LogP) is -1.94. The zero-order valence-corrected chi connectivity index (χ0v) is 9.37. The molecule has 0 radical (unpaired) electrons. The zero-order valence-electron chi connectivity index (χ0n) is 8.48. The van der Waals surface area contributed by atoms with Crippen LogP contribution in [0.5, 0.6) is 0 Å². The molecule has 0 aliphatic rings. The molecule has 1 aromatic heterocycles. The molecule has 2 atom stereocenters. The first-order valence-corrected chi connectivity index (χ1v) is 5.52. The molecule has 0 saturated carbocycles. The van der Waals surface area contributed by atoms with Crippen molar-refractivity contribution in [3.8, 4) is 0 Å². The highest BCUT2D eigenvalue weighted by molar-refractivity contribution is 7.74. The number of nitrogens with zero attached hydrogens (tertiary/aromatic N) is 3. The Morgan fingerprint density at radius 3 is 2.69 bits per heavy atom. The molecule has 0 spiro atoms. The summed E-state index contributed by atoms with van der Waals surface area (Å²) in [6.07, 6.45) is 2.80. The summed E-state index contributed by atoms with van der Waals surface area (Å²) in [7, 11) is -3.02. The number of carboxylic acid groups (broad SMARTS) is 1. The minimum atomic E-state index is -3.02. The van der Waals surface area contributed by atoms with Crippen LogP contribution in [-0.2, 0) is 22.0 Å².